The molecule has 1 aliphatic rings. The zero-order valence-corrected chi connectivity index (χ0v) is 13.7. The predicted molar refractivity (Wildman–Crippen MR) is 83.2 cm³/mol. The third-order valence-electron chi connectivity index (χ3n) is 5.62. The van der Waals surface area contributed by atoms with Gasteiger partial charge in [-0.15, -0.1) is 0 Å². The lowest BCUT2D eigenvalue weighted by atomic mass is 9.95. The molecule has 1 unspecified atom stereocenters. The molecule has 0 aromatic heterocycles. The summed E-state index contributed by atoms with van der Waals surface area (Å²) in [5, 5.41) is 3.68. The number of halogens is 1. The molecule has 2 heteroatoms. The van der Waals surface area contributed by atoms with Crippen molar-refractivity contribution in [3.63, 3.8) is 0 Å². The van der Waals surface area contributed by atoms with Crippen LogP contribution in [0.5, 0.6) is 0 Å². The van der Waals surface area contributed by atoms with E-state index in [9.17, 15) is 4.39 Å². The Labute approximate surface area is 123 Å². The van der Waals surface area contributed by atoms with Crippen molar-refractivity contribution in [3.8, 4) is 0 Å². The largest absolute Gasteiger partial charge is 0.310 e. The van der Waals surface area contributed by atoms with E-state index in [-0.39, 0.29) is 5.82 Å². The third kappa shape index (κ3) is 2.39. The molecule has 0 amide bonds. The van der Waals surface area contributed by atoms with Gasteiger partial charge in [-0.1, -0.05) is 46.8 Å². The number of benzene rings is 1. The molecular formula is C18H28FN. The average molecular weight is 277 g/mol. The summed E-state index contributed by atoms with van der Waals surface area (Å²) in [5.41, 5.74) is 2.60. The molecule has 1 aromatic rings. The lowest BCUT2D eigenvalue weighted by Gasteiger charge is -2.22. The maximum atomic E-state index is 13.5. The molecule has 1 aromatic carbocycles. The van der Waals surface area contributed by atoms with Crippen molar-refractivity contribution in [2.45, 2.75) is 54.0 Å². The number of nitrogens with one attached hydrogen (secondary N) is 1. The van der Waals surface area contributed by atoms with Gasteiger partial charge in [0.15, 0.2) is 0 Å². The van der Waals surface area contributed by atoms with Crippen molar-refractivity contribution in [2.75, 3.05) is 6.54 Å². The van der Waals surface area contributed by atoms with E-state index >= 15 is 0 Å². The third-order valence-corrected chi connectivity index (χ3v) is 5.62. The van der Waals surface area contributed by atoms with E-state index in [1.165, 1.54) is 5.56 Å². The first-order valence-electron chi connectivity index (χ1n) is 7.73. The lowest BCUT2D eigenvalue weighted by Crippen LogP contribution is -2.26. The zero-order valence-electron chi connectivity index (χ0n) is 13.7. The zero-order chi connectivity index (χ0) is 15.1. The number of hydrogen-bond acceptors (Lipinski definition) is 1. The van der Waals surface area contributed by atoms with Gasteiger partial charge in [-0.3, -0.25) is 0 Å². The fraction of sp³-hybridized carbons (Fsp3) is 0.667. The molecule has 2 rings (SSSR count). The highest BCUT2D eigenvalue weighted by molar-refractivity contribution is 5.31. The van der Waals surface area contributed by atoms with Crippen LogP contribution in [0.1, 0.15) is 58.2 Å². The second-order valence-corrected chi connectivity index (χ2v) is 7.36. The van der Waals surface area contributed by atoms with Crippen LogP contribution in [0.2, 0.25) is 0 Å². The van der Waals surface area contributed by atoms with Crippen LogP contribution in [0.25, 0.3) is 0 Å². The monoisotopic (exact) mass is 277 g/mol. The summed E-state index contributed by atoms with van der Waals surface area (Å²) in [6, 6.07) is 5.88. The summed E-state index contributed by atoms with van der Waals surface area (Å²) in [7, 11) is 0. The summed E-state index contributed by atoms with van der Waals surface area (Å²) in [5.74, 6) is 0.476. The van der Waals surface area contributed by atoms with Crippen LogP contribution in [-0.2, 0) is 0 Å². The maximum Gasteiger partial charge on any atom is 0.126 e. The van der Waals surface area contributed by atoms with Crippen LogP contribution >= 0.6 is 0 Å². The normalized spacial score (nSPS) is 21.8. The van der Waals surface area contributed by atoms with E-state index in [2.05, 4.69) is 39.9 Å². The molecule has 1 fully saturated rings. The fourth-order valence-corrected chi connectivity index (χ4v) is 3.67. The summed E-state index contributed by atoms with van der Waals surface area (Å²) in [6.07, 6.45) is 1.12. The van der Waals surface area contributed by atoms with Crippen molar-refractivity contribution in [3.05, 3.63) is 35.1 Å². The minimum atomic E-state index is -0.114. The predicted octanol–water partition coefficient (Wildman–Crippen LogP) is 4.86. The summed E-state index contributed by atoms with van der Waals surface area (Å²) >= 11 is 0. The summed E-state index contributed by atoms with van der Waals surface area (Å²) in [4.78, 5) is 0. The van der Waals surface area contributed by atoms with Crippen LogP contribution in [0.4, 0.5) is 4.39 Å². The van der Waals surface area contributed by atoms with Gasteiger partial charge in [0, 0.05) is 6.04 Å². The second-order valence-electron chi connectivity index (χ2n) is 7.36. The van der Waals surface area contributed by atoms with Crippen LogP contribution in [0.15, 0.2) is 18.2 Å². The first-order valence-corrected chi connectivity index (χ1v) is 7.73. The smallest absolute Gasteiger partial charge is 0.126 e. The van der Waals surface area contributed by atoms with Gasteiger partial charge in [0.1, 0.15) is 5.82 Å². The Bertz CT molecular complexity index is 476. The van der Waals surface area contributed by atoms with Crippen molar-refractivity contribution in [1.82, 2.24) is 5.32 Å². The Morgan fingerprint density at radius 1 is 1.20 bits per heavy atom. The van der Waals surface area contributed by atoms with Crippen molar-refractivity contribution < 1.29 is 4.39 Å². The Hall–Kier alpha value is -0.890. The molecule has 0 bridgehead atoms. The minimum absolute atomic E-state index is 0.114. The van der Waals surface area contributed by atoms with Gasteiger partial charge in [-0.25, -0.2) is 4.39 Å². The van der Waals surface area contributed by atoms with Gasteiger partial charge in [-0.05, 0) is 53.8 Å². The van der Waals surface area contributed by atoms with Crippen molar-refractivity contribution in [1.29, 1.82) is 0 Å². The van der Waals surface area contributed by atoms with E-state index in [1.807, 2.05) is 19.1 Å². The van der Waals surface area contributed by atoms with Crippen molar-refractivity contribution >= 4 is 0 Å². The first-order chi connectivity index (χ1) is 9.23. The highest BCUT2D eigenvalue weighted by atomic mass is 19.1. The Kier molecular flexibility index (Phi) is 3.98. The molecule has 1 atom stereocenters. The minimum Gasteiger partial charge on any atom is -0.310 e. The van der Waals surface area contributed by atoms with Gasteiger partial charge < -0.3 is 5.32 Å². The van der Waals surface area contributed by atoms with Gasteiger partial charge in [0.25, 0.3) is 0 Å². The van der Waals surface area contributed by atoms with Crippen LogP contribution in [0, 0.1) is 29.5 Å². The quantitative estimate of drug-likeness (QED) is 0.810. The number of aryl methyl sites for hydroxylation is 1. The number of hydrogen-bond donors (Lipinski definition) is 1. The Morgan fingerprint density at radius 2 is 1.80 bits per heavy atom. The van der Waals surface area contributed by atoms with Gasteiger partial charge in [0.05, 0.1) is 0 Å². The fourth-order valence-electron chi connectivity index (χ4n) is 3.67. The molecule has 1 aliphatic carbocycles. The molecule has 20 heavy (non-hydrogen) atoms. The molecule has 0 aliphatic heterocycles. The van der Waals surface area contributed by atoms with Gasteiger partial charge in [0.2, 0.25) is 0 Å². The summed E-state index contributed by atoms with van der Waals surface area (Å²) < 4.78 is 13.5. The van der Waals surface area contributed by atoms with Crippen LogP contribution in [-0.4, -0.2) is 6.54 Å². The van der Waals surface area contributed by atoms with E-state index in [0.29, 0.717) is 22.8 Å². The highest BCUT2D eigenvalue weighted by Crippen LogP contribution is 2.72. The molecular weight excluding hydrogens is 249 g/mol. The van der Waals surface area contributed by atoms with Crippen LogP contribution < -0.4 is 5.32 Å². The second kappa shape index (κ2) is 5.14. The molecule has 0 heterocycles. The van der Waals surface area contributed by atoms with Crippen LogP contribution in [0.3, 0.4) is 0 Å². The molecule has 1 N–H and O–H groups in total. The Morgan fingerprint density at radius 3 is 2.25 bits per heavy atom. The molecule has 1 saturated carbocycles. The molecule has 0 spiro atoms. The SMILES string of the molecule is CCCNC(c1ccc(F)c(C)c1)C1C(C)(C)C1(C)C. The van der Waals surface area contributed by atoms with Crippen molar-refractivity contribution in [2.24, 2.45) is 16.7 Å². The molecule has 0 saturated heterocycles. The van der Waals surface area contributed by atoms with Gasteiger partial charge in [-0.2, -0.15) is 0 Å². The average Bonchev–Trinajstić information content (AvgIpc) is 2.76. The highest BCUT2D eigenvalue weighted by Gasteiger charge is 2.67. The molecule has 112 valence electrons. The number of rotatable bonds is 5. The van der Waals surface area contributed by atoms with E-state index in [1.54, 1.807) is 6.07 Å². The standard InChI is InChI=1S/C18H28FN/c1-7-10-20-15(16-17(3,4)18(16,5)6)13-8-9-14(19)12(2)11-13/h8-9,11,15-16,20H,7,10H2,1-6H3. The summed E-state index contributed by atoms with van der Waals surface area (Å²) in [6.45, 7) is 14.4. The maximum absolute atomic E-state index is 13.5. The first kappa shape index (κ1) is 15.5. The Balaban J connectivity index is 2.31. The molecule has 1 nitrogen and oxygen atoms in total. The van der Waals surface area contributed by atoms with E-state index < -0.39 is 0 Å². The lowest BCUT2D eigenvalue weighted by molar-refractivity contribution is 0.409. The molecule has 0 radical (unpaired) electrons. The van der Waals surface area contributed by atoms with E-state index in [4.69, 9.17) is 0 Å². The van der Waals surface area contributed by atoms with Gasteiger partial charge >= 0.3 is 0 Å². The topological polar surface area (TPSA) is 12.0 Å². The van der Waals surface area contributed by atoms with E-state index in [0.717, 1.165) is 18.5 Å².